The van der Waals surface area contributed by atoms with Crippen molar-refractivity contribution in [1.29, 1.82) is 0 Å². The minimum atomic E-state index is -0.315. The molecule has 126 valence electrons. The monoisotopic (exact) mass is 328 g/mol. The Kier molecular flexibility index (Phi) is 3.96. The molecular weight excluding hydrogens is 307 g/mol. The summed E-state index contributed by atoms with van der Waals surface area (Å²) in [5.74, 6) is 0.530. The maximum absolute atomic E-state index is 14.4. The number of nitrogens with zero attached hydrogens (tertiary/aromatic N) is 3. The summed E-state index contributed by atoms with van der Waals surface area (Å²) in [6, 6.07) is 4.86. The summed E-state index contributed by atoms with van der Waals surface area (Å²) in [7, 11) is 0. The first-order valence-electron chi connectivity index (χ1n) is 8.56. The fourth-order valence-electron chi connectivity index (χ4n) is 3.62. The zero-order chi connectivity index (χ0) is 16.5. The Bertz CT molecular complexity index is 751. The number of nitrogens with one attached hydrogen (secondary N) is 1. The number of imidazole rings is 1. The highest BCUT2D eigenvalue weighted by Crippen LogP contribution is 2.24. The van der Waals surface area contributed by atoms with Gasteiger partial charge in [-0.3, -0.25) is 4.79 Å². The molecule has 4 rings (SSSR count). The maximum Gasteiger partial charge on any atom is 0.251 e. The number of hydrogen-bond acceptors (Lipinski definition) is 3. The zero-order valence-corrected chi connectivity index (χ0v) is 13.5. The Hall–Kier alpha value is -2.37. The lowest BCUT2D eigenvalue weighted by Gasteiger charge is -2.25. The summed E-state index contributed by atoms with van der Waals surface area (Å²) >= 11 is 0. The molecule has 3 heterocycles. The predicted octanol–water partition coefficient (Wildman–Crippen LogP) is 2.37. The van der Waals surface area contributed by atoms with E-state index in [1.165, 1.54) is 6.07 Å². The molecule has 6 heteroatoms. The third-order valence-electron chi connectivity index (χ3n) is 4.93. The molecule has 1 aromatic carbocycles. The summed E-state index contributed by atoms with van der Waals surface area (Å²) in [6.07, 6.45) is 7.61. The lowest BCUT2D eigenvalue weighted by atomic mass is 10.1. The van der Waals surface area contributed by atoms with Crippen molar-refractivity contribution in [3.63, 3.8) is 0 Å². The van der Waals surface area contributed by atoms with Gasteiger partial charge in [0.1, 0.15) is 11.6 Å². The van der Waals surface area contributed by atoms with E-state index in [9.17, 15) is 9.18 Å². The number of carbonyl (C=O) groups excluding carboxylic acids is 1. The zero-order valence-electron chi connectivity index (χ0n) is 13.5. The van der Waals surface area contributed by atoms with E-state index in [2.05, 4.69) is 14.9 Å². The van der Waals surface area contributed by atoms with Crippen molar-refractivity contribution in [1.82, 2.24) is 14.9 Å². The summed E-state index contributed by atoms with van der Waals surface area (Å²) in [5, 5.41) is 3.01. The van der Waals surface area contributed by atoms with Crippen LogP contribution in [0.3, 0.4) is 0 Å². The second-order valence-corrected chi connectivity index (χ2v) is 6.57. The number of benzene rings is 1. The van der Waals surface area contributed by atoms with Gasteiger partial charge in [0.25, 0.3) is 5.91 Å². The molecule has 0 aliphatic carbocycles. The van der Waals surface area contributed by atoms with E-state index in [1.807, 2.05) is 11.1 Å². The van der Waals surface area contributed by atoms with Crippen LogP contribution >= 0.6 is 0 Å². The number of amides is 1. The highest BCUT2D eigenvalue weighted by atomic mass is 19.1. The van der Waals surface area contributed by atoms with E-state index in [4.69, 9.17) is 0 Å². The lowest BCUT2D eigenvalue weighted by molar-refractivity contribution is 0.0927. The van der Waals surface area contributed by atoms with Gasteiger partial charge in [-0.1, -0.05) is 0 Å². The van der Waals surface area contributed by atoms with Crippen LogP contribution in [0.15, 0.2) is 30.6 Å². The second kappa shape index (κ2) is 6.26. The van der Waals surface area contributed by atoms with Gasteiger partial charge in [-0.25, -0.2) is 9.37 Å². The first-order valence-corrected chi connectivity index (χ1v) is 8.56. The quantitative estimate of drug-likeness (QED) is 0.941. The Morgan fingerprint density at radius 1 is 1.29 bits per heavy atom. The Morgan fingerprint density at radius 2 is 2.12 bits per heavy atom. The Labute approximate surface area is 140 Å². The van der Waals surface area contributed by atoms with Crippen LogP contribution in [0.4, 0.5) is 10.1 Å². The van der Waals surface area contributed by atoms with Crippen LogP contribution in [-0.2, 0) is 13.0 Å². The van der Waals surface area contributed by atoms with Gasteiger partial charge in [0, 0.05) is 50.1 Å². The largest absolute Gasteiger partial charge is 0.369 e. The molecule has 0 radical (unpaired) electrons. The van der Waals surface area contributed by atoms with Crippen molar-refractivity contribution in [3.05, 3.63) is 47.8 Å². The summed E-state index contributed by atoms with van der Waals surface area (Å²) in [5.41, 5.74) is 0.983. The van der Waals surface area contributed by atoms with Crippen LogP contribution in [0, 0.1) is 5.82 Å². The third kappa shape index (κ3) is 2.88. The van der Waals surface area contributed by atoms with Gasteiger partial charge in [0.2, 0.25) is 0 Å². The van der Waals surface area contributed by atoms with Crippen molar-refractivity contribution in [2.24, 2.45) is 0 Å². The third-order valence-corrected chi connectivity index (χ3v) is 4.93. The van der Waals surface area contributed by atoms with Crippen molar-refractivity contribution >= 4 is 11.6 Å². The van der Waals surface area contributed by atoms with E-state index in [0.717, 1.165) is 51.1 Å². The number of hydrogen-bond donors (Lipinski definition) is 1. The fourth-order valence-corrected chi connectivity index (χ4v) is 3.62. The molecule has 1 fully saturated rings. The molecule has 1 saturated heterocycles. The minimum Gasteiger partial charge on any atom is -0.369 e. The number of anilines is 1. The van der Waals surface area contributed by atoms with Crippen molar-refractivity contribution in [2.75, 3.05) is 18.0 Å². The Morgan fingerprint density at radius 3 is 2.92 bits per heavy atom. The predicted molar refractivity (Wildman–Crippen MR) is 89.6 cm³/mol. The number of aryl methyl sites for hydroxylation is 1. The van der Waals surface area contributed by atoms with Crippen LogP contribution in [0.2, 0.25) is 0 Å². The molecule has 0 spiro atoms. The molecule has 0 saturated carbocycles. The number of fused-ring (bicyclic) bond motifs is 1. The van der Waals surface area contributed by atoms with E-state index < -0.39 is 0 Å². The van der Waals surface area contributed by atoms with Crippen LogP contribution in [0.5, 0.6) is 0 Å². The maximum atomic E-state index is 14.4. The highest BCUT2D eigenvalue weighted by Gasteiger charge is 2.22. The van der Waals surface area contributed by atoms with E-state index in [1.54, 1.807) is 18.3 Å². The molecule has 1 atom stereocenters. The average molecular weight is 328 g/mol. The highest BCUT2D eigenvalue weighted by molar-refractivity contribution is 5.94. The lowest BCUT2D eigenvalue weighted by Crippen LogP contribution is -2.40. The smallest absolute Gasteiger partial charge is 0.251 e. The van der Waals surface area contributed by atoms with Gasteiger partial charge in [-0.05, 0) is 37.5 Å². The molecule has 24 heavy (non-hydrogen) atoms. The second-order valence-electron chi connectivity index (χ2n) is 6.57. The average Bonchev–Trinajstić information content (AvgIpc) is 3.25. The van der Waals surface area contributed by atoms with Crippen molar-refractivity contribution in [2.45, 2.75) is 38.3 Å². The van der Waals surface area contributed by atoms with Crippen molar-refractivity contribution in [3.8, 4) is 0 Å². The molecule has 2 aliphatic heterocycles. The van der Waals surface area contributed by atoms with E-state index >= 15 is 0 Å². The van der Waals surface area contributed by atoms with Gasteiger partial charge < -0.3 is 14.8 Å². The molecule has 2 aliphatic rings. The molecule has 1 N–H and O–H groups in total. The Balaban J connectivity index is 1.44. The van der Waals surface area contributed by atoms with Crippen LogP contribution in [-0.4, -0.2) is 34.6 Å². The number of carbonyl (C=O) groups is 1. The standard InChI is InChI=1S/C18H21FN4O/c19-15-11-13(3-5-16(15)22-8-1-2-9-22)18(24)21-14-4-6-17-20-7-10-23(17)12-14/h3,5,7,10-11,14H,1-2,4,6,8-9,12H2,(H,21,24). The first kappa shape index (κ1) is 15.2. The normalized spacial score (nSPS) is 20.0. The van der Waals surface area contributed by atoms with E-state index in [-0.39, 0.29) is 17.8 Å². The van der Waals surface area contributed by atoms with E-state index in [0.29, 0.717) is 11.3 Å². The summed E-state index contributed by atoms with van der Waals surface area (Å²) in [6.45, 7) is 2.49. The van der Waals surface area contributed by atoms with Gasteiger partial charge in [0.15, 0.2) is 0 Å². The SMILES string of the molecule is O=C(NC1CCc2nccn2C1)c1ccc(N2CCCC2)c(F)c1. The molecule has 1 aromatic heterocycles. The van der Waals surface area contributed by atoms with Gasteiger partial charge in [0.05, 0.1) is 5.69 Å². The van der Waals surface area contributed by atoms with Crippen LogP contribution < -0.4 is 10.2 Å². The van der Waals surface area contributed by atoms with Crippen molar-refractivity contribution < 1.29 is 9.18 Å². The molecular formula is C18H21FN4O. The topological polar surface area (TPSA) is 50.2 Å². The number of halogens is 1. The minimum absolute atomic E-state index is 0.0560. The molecule has 1 amide bonds. The van der Waals surface area contributed by atoms with Gasteiger partial charge >= 0.3 is 0 Å². The fraction of sp³-hybridized carbons (Fsp3) is 0.444. The van der Waals surface area contributed by atoms with Gasteiger partial charge in [-0.2, -0.15) is 0 Å². The molecule has 5 nitrogen and oxygen atoms in total. The number of rotatable bonds is 3. The molecule has 0 bridgehead atoms. The number of aromatic nitrogens is 2. The van der Waals surface area contributed by atoms with Crippen LogP contribution in [0.1, 0.15) is 35.4 Å². The van der Waals surface area contributed by atoms with Gasteiger partial charge in [-0.15, -0.1) is 0 Å². The summed E-state index contributed by atoms with van der Waals surface area (Å²) < 4.78 is 16.4. The first-order chi connectivity index (χ1) is 11.7. The molecule has 2 aromatic rings. The summed E-state index contributed by atoms with van der Waals surface area (Å²) in [4.78, 5) is 18.8. The molecule has 1 unspecified atom stereocenters. The van der Waals surface area contributed by atoms with Crippen LogP contribution in [0.25, 0.3) is 0 Å².